The Balaban J connectivity index is 1.70. The molecule has 1 N–H and O–H groups in total. The summed E-state index contributed by atoms with van der Waals surface area (Å²) < 4.78 is 5.19. The van der Waals surface area contributed by atoms with E-state index in [9.17, 15) is 9.59 Å². The normalized spacial score (nSPS) is 17.1. The van der Waals surface area contributed by atoms with Crippen molar-refractivity contribution in [2.75, 3.05) is 38.5 Å². The van der Waals surface area contributed by atoms with Crippen molar-refractivity contribution in [3.63, 3.8) is 0 Å². The number of furan rings is 1. The van der Waals surface area contributed by atoms with Crippen molar-refractivity contribution < 1.29 is 14.0 Å². The van der Waals surface area contributed by atoms with Gasteiger partial charge in [0.2, 0.25) is 0 Å². The molecule has 1 saturated heterocycles. The van der Waals surface area contributed by atoms with Crippen molar-refractivity contribution in [2.45, 2.75) is 20.3 Å². The fraction of sp³-hybridized carbons (Fsp3) is 0.429. The lowest BCUT2D eigenvalue weighted by Gasteiger charge is -2.23. The molecule has 144 valence electrons. The number of hydrogen-bond donors (Lipinski definition) is 1. The molecular formula is C21H27N3O3. The molecule has 1 fully saturated rings. The van der Waals surface area contributed by atoms with Gasteiger partial charge in [-0.25, -0.2) is 0 Å². The Labute approximate surface area is 160 Å². The molecule has 2 heterocycles. The molecule has 0 aliphatic carbocycles. The van der Waals surface area contributed by atoms with Gasteiger partial charge in [0.05, 0.1) is 23.1 Å². The number of carbonyl (C=O) groups is 2. The molecule has 1 aliphatic heterocycles. The topological polar surface area (TPSA) is 65.8 Å². The van der Waals surface area contributed by atoms with Gasteiger partial charge in [-0.1, -0.05) is 19.1 Å². The van der Waals surface area contributed by atoms with Gasteiger partial charge in [-0.05, 0) is 50.6 Å². The molecule has 2 aromatic rings. The molecule has 27 heavy (non-hydrogen) atoms. The maximum atomic E-state index is 13.0. The number of para-hydroxylation sites is 1. The van der Waals surface area contributed by atoms with E-state index in [1.54, 1.807) is 30.0 Å². The van der Waals surface area contributed by atoms with Crippen LogP contribution in [0.5, 0.6) is 0 Å². The Hall–Kier alpha value is -2.60. The minimum absolute atomic E-state index is 0.0789. The van der Waals surface area contributed by atoms with Crippen molar-refractivity contribution >= 4 is 17.5 Å². The summed E-state index contributed by atoms with van der Waals surface area (Å²) in [7, 11) is 1.83. The summed E-state index contributed by atoms with van der Waals surface area (Å²) in [5.41, 5.74) is 1.48. The molecule has 0 spiro atoms. The van der Waals surface area contributed by atoms with Crippen LogP contribution in [-0.4, -0.2) is 54.8 Å². The number of benzene rings is 1. The van der Waals surface area contributed by atoms with E-state index in [0.29, 0.717) is 28.5 Å². The Morgan fingerprint density at radius 2 is 2.04 bits per heavy atom. The SMILES string of the molecule is CCN1CCC(CN(C)C(=O)c2ccccc2NC(=O)c2ccoc2C)C1. The van der Waals surface area contributed by atoms with Gasteiger partial charge in [-0.2, -0.15) is 0 Å². The van der Waals surface area contributed by atoms with Gasteiger partial charge in [0, 0.05) is 20.1 Å². The minimum Gasteiger partial charge on any atom is -0.469 e. The van der Waals surface area contributed by atoms with Gasteiger partial charge in [0.15, 0.2) is 0 Å². The van der Waals surface area contributed by atoms with E-state index in [1.165, 1.54) is 6.26 Å². The van der Waals surface area contributed by atoms with E-state index in [2.05, 4.69) is 17.1 Å². The van der Waals surface area contributed by atoms with E-state index in [0.717, 1.165) is 32.6 Å². The van der Waals surface area contributed by atoms with Gasteiger partial charge in [0.25, 0.3) is 11.8 Å². The fourth-order valence-electron chi connectivity index (χ4n) is 3.61. The molecule has 3 rings (SSSR count). The van der Waals surface area contributed by atoms with Crippen LogP contribution in [0.4, 0.5) is 5.69 Å². The Morgan fingerprint density at radius 3 is 2.70 bits per heavy atom. The molecule has 2 amide bonds. The molecule has 0 bridgehead atoms. The van der Waals surface area contributed by atoms with Gasteiger partial charge in [0.1, 0.15) is 5.76 Å². The minimum atomic E-state index is -0.279. The van der Waals surface area contributed by atoms with E-state index in [4.69, 9.17) is 4.42 Å². The zero-order chi connectivity index (χ0) is 19.4. The highest BCUT2D eigenvalue weighted by Gasteiger charge is 2.25. The summed E-state index contributed by atoms with van der Waals surface area (Å²) in [6, 6.07) is 8.76. The first-order chi connectivity index (χ1) is 13.0. The van der Waals surface area contributed by atoms with Gasteiger partial charge >= 0.3 is 0 Å². The summed E-state index contributed by atoms with van der Waals surface area (Å²) in [5, 5.41) is 2.84. The number of amides is 2. The van der Waals surface area contributed by atoms with Crippen molar-refractivity contribution in [3.8, 4) is 0 Å². The summed E-state index contributed by atoms with van der Waals surface area (Å²) in [6.07, 6.45) is 2.60. The Bertz CT molecular complexity index is 815. The van der Waals surface area contributed by atoms with Crippen LogP contribution < -0.4 is 5.32 Å². The summed E-state index contributed by atoms with van der Waals surface area (Å²) in [6.45, 7) is 7.81. The standard InChI is InChI=1S/C21H27N3O3/c1-4-24-11-9-16(14-24)13-23(3)21(26)18-7-5-6-8-19(18)22-20(25)17-10-12-27-15(17)2/h5-8,10,12,16H,4,9,11,13-14H2,1-3H3,(H,22,25). The third kappa shape index (κ3) is 4.39. The van der Waals surface area contributed by atoms with Crippen LogP contribution in [0.1, 0.15) is 39.8 Å². The Kier molecular flexibility index (Phi) is 5.96. The second-order valence-electron chi connectivity index (χ2n) is 7.12. The van der Waals surface area contributed by atoms with Crippen molar-refractivity contribution in [1.82, 2.24) is 9.80 Å². The van der Waals surface area contributed by atoms with Crippen LogP contribution in [0.2, 0.25) is 0 Å². The number of nitrogens with zero attached hydrogens (tertiary/aromatic N) is 2. The van der Waals surface area contributed by atoms with Gasteiger partial charge in [-0.15, -0.1) is 0 Å². The van der Waals surface area contributed by atoms with Crippen LogP contribution in [-0.2, 0) is 0 Å². The number of anilines is 1. The first-order valence-corrected chi connectivity index (χ1v) is 9.42. The average molecular weight is 369 g/mol. The Morgan fingerprint density at radius 1 is 1.26 bits per heavy atom. The molecule has 6 heteroatoms. The lowest BCUT2D eigenvalue weighted by Crippen LogP contribution is -2.33. The highest BCUT2D eigenvalue weighted by atomic mass is 16.3. The third-order valence-corrected chi connectivity index (χ3v) is 5.21. The molecule has 0 radical (unpaired) electrons. The molecule has 1 aliphatic rings. The average Bonchev–Trinajstić information content (AvgIpc) is 3.30. The van der Waals surface area contributed by atoms with Crippen LogP contribution in [0.25, 0.3) is 0 Å². The molecule has 6 nitrogen and oxygen atoms in total. The quantitative estimate of drug-likeness (QED) is 0.849. The molecule has 1 atom stereocenters. The third-order valence-electron chi connectivity index (χ3n) is 5.21. The highest BCUT2D eigenvalue weighted by Crippen LogP contribution is 2.21. The van der Waals surface area contributed by atoms with Gasteiger partial charge < -0.3 is 19.5 Å². The molecule has 1 unspecified atom stereocenters. The number of nitrogens with one attached hydrogen (secondary N) is 1. The van der Waals surface area contributed by atoms with E-state index >= 15 is 0 Å². The second kappa shape index (κ2) is 8.39. The van der Waals surface area contributed by atoms with Crippen molar-refractivity contribution in [3.05, 3.63) is 53.5 Å². The number of hydrogen-bond acceptors (Lipinski definition) is 4. The zero-order valence-electron chi connectivity index (χ0n) is 16.2. The highest BCUT2D eigenvalue weighted by molar-refractivity contribution is 6.09. The first-order valence-electron chi connectivity index (χ1n) is 9.42. The van der Waals surface area contributed by atoms with Crippen molar-refractivity contribution in [1.29, 1.82) is 0 Å². The summed E-state index contributed by atoms with van der Waals surface area (Å²) >= 11 is 0. The van der Waals surface area contributed by atoms with Crippen LogP contribution >= 0.6 is 0 Å². The second-order valence-corrected chi connectivity index (χ2v) is 7.12. The molecular weight excluding hydrogens is 342 g/mol. The zero-order valence-corrected chi connectivity index (χ0v) is 16.2. The number of carbonyl (C=O) groups excluding carboxylic acids is 2. The predicted molar refractivity (Wildman–Crippen MR) is 105 cm³/mol. The number of aryl methyl sites for hydroxylation is 1. The molecule has 0 saturated carbocycles. The molecule has 1 aromatic heterocycles. The largest absolute Gasteiger partial charge is 0.469 e. The number of likely N-dealkylation sites (tertiary alicyclic amines) is 1. The summed E-state index contributed by atoms with van der Waals surface area (Å²) in [5.74, 6) is 0.688. The maximum Gasteiger partial charge on any atom is 0.259 e. The maximum absolute atomic E-state index is 13.0. The smallest absolute Gasteiger partial charge is 0.259 e. The van der Waals surface area contributed by atoms with Crippen LogP contribution in [0.15, 0.2) is 41.0 Å². The van der Waals surface area contributed by atoms with Crippen molar-refractivity contribution in [2.24, 2.45) is 5.92 Å². The van der Waals surface area contributed by atoms with E-state index in [-0.39, 0.29) is 11.8 Å². The van der Waals surface area contributed by atoms with Gasteiger partial charge in [-0.3, -0.25) is 9.59 Å². The molecule has 1 aromatic carbocycles. The fourth-order valence-corrected chi connectivity index (χ4v) is 3.61. The predicted octanol–water partition coefficient (Wildman–Crippen LogP) is 3.25. The summed E-state index contributed by atoms with van der Waals surface area (Å²) in [4.78, 5) is 29.6. The lowest BCUT2D eigenvalue weighted by molar-refractivity contribution is 0.0774. The van der Waals surface area contributed by atoms with E-state index in [1.807, 2.05) is 19.2 Å². The van der Waals surface area contributed by atoms with Crippen LogP contribution in [0, 0.1) is 12.8 Å². The first kappa shape index (κ1) is 19.2. The lowest BCUT2D eigenvalue weighted by atomic mass is 10.1. The number of rotatable bonds is 6. The van der Waals surface area contributed by atoms with E-state index < -0.39 is 0 Å². The van der Waals surface area contributed by atoms with Crippen LogP contribution in [0.3, 0.4) is 0 Å². The monoisotopic (exact) mass is 369 g/mol.